The Labute approximate surface area is 63.6 Å². The number of nitrogens with zero attached hydrogens (tertiary/aromatic N) is 1. The lowest BCUT2D eigenvalue weighted by atomic mass is 10.4. The summed E-state index contributed by atoms with van der Waals surface area (Å²) >= 11 is 6.44. The molecular weight excluding hydrogens is 154 g/mol. The summed E-state index contributed by atoms with van der Waals surface area (Å²) in [7, 11) is 1.72. The van der Waals surface area contributed by atoms with E-state index < -0.39 is 0 Å². The molecule has 0 aromatic heterocycles. The number of thioether (sulfide) groups is 1. The van der Waals surface area contributed by atoms with Gasteiger partial charge >= 0.3 is 0 Å². The Balaban J connectivity index is 2.62. The minimum Gasteiger partial charge on any atom is -0.301 e. The van der Waals surface area contributed by atoms with E-state index in [4.69, 9.17) is 12.2 Å². The molecule has 2 nitrogen and oxygen atoms in total. The SMILES string of the molecule is CN1C(=O)CCSC1=S. The largest absolute Gasteiger partial charge is 0.301 e. The summed E-state index contributed by atoms with van der Waals surface area (Å²) < 4.78 is 0.700. The first-order chi connectivity index (χ1) is 4.22. The third kappa shape index (κ3) is 1.43. The van der Waals surface area contributed by atoms with Crippen LogP contribution in [0.4, 0.5) is 0 Å². The Kier molecular flexibility index (Phi) is 2.08. The fourth-order valence-electron chi connectivity index (χ4n) is 0.592. The Morgan fingerprint density at radius 2 is 2.44 bits per heavy atom. The summed E-state index contributed by atoms with van der Waals surface area (Å²) in [5, 5.41) is 0. The van der Waals surface area contributed by atoms with Crippen molar-refractivity contribution in [3.05, 3.63) is 0 Å². The van der Waals surface area contributed by atoms with E-state index in [9.17, 15) is 4.79 Å². The molecule has 1 fully saturated rings. The van der Waals surface area contributed by atoms with Gasteiger partial charge in [-0.25, -0.2) is 0 Å². The van der Waals surface area contributed by atoms with Crippen molar-refractivity contribution in [3.63, 3.8) is 0 Å². The van der Waals surface area contributed by atoms with Gasteiger partial charge < -0.3 is 4.90 Å². The summed E-state index contributed by atoms with van der Waals surface area (Å²) in [6.07, 6.45) is 0.626. The third-order valence-corrected chi connectivity index (χ3v) is 2.75. The molecule has 0 aliphatic carbocycles. The van der Waals surface area contributed by atoms with Gasteiger partial charge in [-0.15, -0.1) is 0 Å². The van der Waals surface area contributed by atoms with Crippen LogP contribution in [0.5, 0.6) is 0 Å². The minimum atomic E-state index is 0.138. The smallest absolute Gasteiger partial charge is 0.228 e. The van der Waals surface area contributed by atoms with Crippen molar-refractivity contribution in [2.75, 3.05) is 12.8 Å². The van der Waals surface area contributed by atoms with Crippen molar-refractivity contribution in [2.24, 2.45) is 0 Å². The van der Waals surface area contributed by atoms with Crippen LogP contribution in [0.1, 0.15) is 6.42 Å². The number of hydrogen-bond acceptors (Lipinski definition) is 3. The molecule has 4 heteroatoms. The maximum atomic E-state index is 10.8. The maximum Gasteiger partial charge on any atom is 0.228 e. The molecule has 1 rings (SSSR count). The second-order valence-electron chi connectivity index (χ2n) is 1.82. The summed E-state index contributed by atoms with van der Waals surface area (Å²) in [4.78, 5) is 12.4. The van der Waals surface area contributed by atoms with Crippen LogP contribution in [0.3, 0.4) is 0 Å². The zero-order chi connectivity index (χ0) is 6.85. The molecule has 1 saturated heterocycles. The van der Waals surface area contributed by atoms with Gasteiger partial charge in [-0.3, -0.25) is 4.79 Å². The summed E-state index contributed by atoms with van der Waals surface area (Å²) in [6, 6.07) is 0. The molecule has 0 spiro atoms. The number of thiocarbonyl (C=S) groups is 1. The molecule has 9 heavy (non-hydrogen) atoms. The molecule has 1 heterocycles. The molecule has 0 atom stereocenters. The van der Waals surface area contributed by atoms with Crippen LogP contribution in [0.25, 0.3) is 0 Å². The summed E-state index contributed by atoms with van der Waals surface area (Å²) in [5.41, 5.74) is 0. The van der Waals surface area contributed by atoms with Crippen LogP contribution in [-0.2, 0) is 4.79 Å². The van der Waals surface area contributed by atoms with E-state index >= 15 is 0 Å². The van der Waals surface area contributed by atoms with E-state index in [1.165, 1.54) is 4.90 Å². The molecule has 0 aromatic rings. The molecule has 0 radical (unpaired) electrons. The topological polar surface area (TPSA) is 20.3 Å². The molecule has 1 amide bonds. The van der Waals surface area contributed by atoms with Crippen LogP contribution < -0.4 is 0 Å². The molecular formula is C5H7NOS2. The first kappa shape index (κ1) is 7.02. The van der Waals surface area contributed by atoms with Gasteiger partial charge in [0.25, 0.3) is 0 Å². The monoisotopic (exact) mass is 161 g/mol. The first-order valence-electron chi connectivity index (χ1n) is 2.65. The highest BCUT2D eigenvalue weighted by molar-refractivity contribution is 8.23. The first-order valence-corrected chi connectivity index (χ1v) is 4.04. The van der Waals surface area contributed by atoms with Crippen LogP contribution in [-0.4, -0.2) is 27.9 Å². The van der Waals surface area contributed by atoms with Crippen LogP contribution >= 0.6 is 24.0 Å². The molecule has 1 aliphatic rings. The molecule has 0 bridgehead atoms. The number of carbonyl (C=O) groups excluding carboxylic acids is 1. The van der Waals surface area contributed by atoms with Crippen molar-refractivity contribution in [1.82, 2.24) is 4.90 Å². The van der Waals surface area contributed by atoms with Crippen LogP contribution in [0.2, 0.25) is 0 Å². The lowest BCUT2D eigenvalue weighted by Crippen LogP contribution is -2.34. The van der Waals surface area contributed by atoms with Gasteiger partial charge in [0.05, 0.1) is 0 Å². The highest BCUT2D eigenvalue weighted by atomic mass is 32.2. The lowest BCUT2D eigenvalue weighted by Gasteiger charge is -2.21. The average molecular weight is 161 g/mol. The van der Waals surface area contributed by atoms with Gasteiger partial charge in [0, 0.05) is 19.2 Å². The molecule has 0 N–H and O–H groups in total. The van der Waals surface area contributed by atoms with Crippen molar-refractivity contribution >= 4 is 34.2 Å². The molecule has 0 aromatic carbocycles. The molecule has 0 unspecified atom stereocenters. The standard InChI is InChI=1S/C5H7NOS2/c1-6-4(7)2-3-9-5(6)8/h2-3H2,1H3. The Morgan fingerprint density at radius 1 is 1.78 bits per heavy atom. The zero-order valence-corrected chi connectivity index (χ0v) is 6.72. The normalized spacial score (nSPS) is 20.8. The number of carbonyl (C=O) groups is 1. The Morgan fingerprint density at radius 3 is 2.89 bits per heavy atom. The maximum absolute atomic E-state index is 10.8. The van der Waals surface area contributed by atoms with Gasteiger partial charge in [-0.1, -0.05) is 24.0 Å². The highest BCUT2D eigenvalue weighted by Gasteiger charge is 2.18. The number of rotatable bonds is 0. The highest BCUT2D eigenvalue weighted by Crippen LogP contribution is 2.16. The second kappa shape index (κ2) is 2.66. The average Bonchev–Trinajstić information content (AvgIpc) is 1.83. The third-order valence-electron chi connectivity index (χ3n) is 1.19. The summed E-state index contributed by atoms with van der Waals surface area (Å²) in [5.74, 6) is 0.987. The van der Waals surface area contributed by atoms with Crippen molar-refractivity contribution in [3.8, 4) is 0 Å². The minimum absolute atomic E-state index is 0.138. The van der Waals surface area contributed by atoms with Gasteiger partial charge in [-0.2, -0.15) is 0 Å². The molecule has 0 saturated carbocycles. The fraction of sp³-hybridized carbons (Fsp3) is 0.600. The van der Waals surface area contributed by atoms with Crippen molar-refractivity contribution in [1.29, 1.82) is 0 Å². The summed E-state index contributed by atoms with van der Waals surface area (Å²) in [6.45, 7) is 0. The van der Waals surface area contributed by atoms with E-state index in [1.807, 2.05) is 0 Å². The zero-order valence-electron chi connectivity index (χ0n) is 5.09. The second-order valence-corrected chi connectivity index (χ2v) is 3.55. The van der Waals surface area contributed by atoms with Crippen molar-refractivity contribution < 1.29 is 4.79 Å². The Hall–Kier alpha value is -0.0900. The van der Waals surface area contributed by atoms with Gasteiger partial charge in [0.2, 0.25) is 5.91 Å². The van der Waals surface area contributed by atoms with Gasteiger partial charge in [0.15, 0.2) is 0 Å². The predicted molar refractivity (Wildman–Crippen MR) is 42.4 cm³/mol. The molecule has 1 aliphatic heterocycles. The molecule has 50 valence electrons. The van der Waals surface area contributed by atoms with E-state index in [-0.39, 0.29) is 5.91 Å². The fourth-order valence-corrected chi connectivity index (χ4v) is 1.69. The van der Waals surface area contributed by atoms with E-state index in [1.54, 1.807) is 18.8 Å². The van der Waals surface area contributed by atoms with Crippen molar-refractivity contribution in [2.45, 2.75) is 6.42 Å². The van der Waals surface area contributed by atoms with E-state index in [0.29, 0.717) is 10.7 Å². The van der Waals surface area contributed by atoms with E-state index in [0.717, 1.165) is 5.75 Å². The quantitative estimate of drug-likeness (QED) is 0.492. The Bertz CT molecular complexity index is 141. The lowest BCUT2D eigenvalue weighted by molar-refractivity contribution is -0.125. The van der Waals surface area contributed by atoms with Gasteiger partial charge in [-0.05, 0) is 0 Å². The van der Waals surface area contributed by atoms with E-state index in [2.05, 4.69) is 0 Å². The van der Waals surface area contributed by atoms with Crippen LogP contribution in [0.15, 0.2) is 0 Å². The van der Waals surface area contributed by atoms with Gasteiger partial charge in [0.1, 0.15) is 4.32 Å². The van der Waals surface area contributed by atoms with Crippen LogP contribution in [0, 0.1) is 0 Å². The predicted octanol–water partition coefficient (Wildman–Crippen LogP) is 0.867. The number of hydrogen-bond donors (Lipinski definition) is 0. The number of amides is 1.